The zero-order valence-electron chi connectivity index (χ0n) is 24.9. The molecule has 2 fully saturated rings. The van der Waals surface area contributed by atoms with Gasteiger partial charge in [-0.05, 0) is 92.9 Å². The molecule has 0 spiro atoms. The van der Waals surface area contributed by atoms with Crippen molar-refractivity contribution in [3.8, 4) is 0 Å². The minimum Gasteiger partial charge on any atom is -0.381 e. The molecule has 0 radical (unpaired) electrons. The highest BCUT2D eigenvalue weighted by Crippen LogP contribution is 2.28. The van der Waals surface area contributed by atoms with Crippen molar-refractivity contribution < 1.29 is 14.3 Å². The number of carbonyl (C=O) groups excluding carboxylic acids is 2. The Morgan fingerprint density at radius 2 is 1.56 bits per heavy atom. The van der Waals surface area contributed by atoms with E-state index in [1.807, 2.05) is 23.1 Å². The van der Waals surface area contributed by atoms with Crippen molar-refractivity contribution in [1.29, 1.82) is 0 Å². The highest BCUT2D eigenvalue weighted by molar-refractivity contribution is 5.97. The van der Waals surface area contributed by atoms with Gasteiger partial charge in [0.05, 0.1) is 0 Å². The molecule has 7 heteroatoms. The molecular formula is C34H48N4O3. The van der Waals surface area contributed by atoms with E-state index in [-0.39, 0.29) is 11.8 Å². The molecule has 41 heavy (non-hydrogen) atoms. The van der Waals surface area contributed by atoms with Gasteiger partial charge < -0.3 is 19.9 Å². The normalized spacial score (nSPS) is 20.0. The van der Waals surface area contributed by atoms with Crippen LogP contribution in [0.5, 0.6) is 0 Å². The van der Waals surface area contributed by atoms with E-state index in [0.717, 1.165) is 88.4 Å². The number of benzene rings is 2. The van der Waals surface area contributed by atoms with Crippen molar-refractivity contribution in [3.05, 3.63) is 59.2 Å². The molecule has 0 atom stereocenters. The fraction of sp³-hybridized carbons (Fsp3) is 0.588. The molecule has 2 aromatic carbocycles. The Kier molecular flexibility index (Phi) is 10.7. The van der Waals surface area contributed by atoms with Gasteiger partial charge in [-0.25, -0.2) is 0 Å². The van der Waals surface area contributed by atoms with Crippen LogP contribution in [-0.4, -0.2) is 62.1 Å². The standard InChI is InChI=1S/C34H48N4O3/c1-27(39)38-20-9-4-2-3-6-19-37(31-15-21-41-22-16-31)26-30-24-29(13-14-33(30)38)34(40)35-25-28-11-10-12-32(23-28)36-17-7-5-8-18-36/h10-14,23-24,31H,2-9,15-22,25-26H2,1H3,(H,35,40). The first-order chi connectivity index (χ1) is 20.1. The topological polar surface area (TPSA) is 65.1 Å². The molecule has 0 aliphatic carbocycles. The smallest absolute Gasteiger partial charge is 0.251 e. The number of amides is 2. The van der Waals surface area contributed by atoms with Gasteiger partial charge in [0.15, 0.2) is 0 Å². The number of hydrogen-bond acceptors (Lipinski definition) is 5. The first-order valence-corrected chi connectivity index (χ1v) is 15.9. The molecule has 2 amide bonds. The van der Waals surface area contributed by atoms with E-state index in [1.165, 1.54) is 44.2 Å². The summed E-state index contributed by atoms with van der Waals surface area (Å²) in [6, 6.07) is 14.9. The number of carbonyl (C=O) groups is 2. The maximum Gasteiger partial charge on any atom is 0.251 e. The van der Waals surface area contributed by atoms with Crippen LogP contribution in [0.25, 0.3) is 0 Å². The van der Waals surface area contributed by atoms with Crippen LogP contribution in [0.1, 0.15) is 92.6 Å². The van der Waals surface area contributed by atoms with E-state index in [2.05, 4.69) is 39.4 Å². The van der Waals surface area contributed by atoms with Gasteiger partial charge in [-0.15, -0.1) is 0 Å². The van der Waals surface area contributed by atoms with Crippen molar-refractivity contribution in [2.75, 3.05) is 49.2 Å². The lowest BCUT2D eigenvalue weighted by Crippen LogP contribution is -2.40. The Bertz CT molecular complexity index is 1160. The number of nitrogens with one attached hydrogen (secondary N) is 1. The Morgan fingerprint density at radius 3 is 2.34 bits per heavy atom. The largest absolute Gasteiger partial charge is 0.381 e. The summed E-state index contributed by atoms with van der Waals surface area (Å²) in [4.78, 5) is 33.2. The zero-order chi connectivity index (χ0) is 28.4. The molecule has 0 aromatic heterocycles. The first-order valence-electron chi connectivity index (χ1n) is 15.9. The summed E-state index contributed by atoms with van der Waals surface area (Å²) in [5.41, 5.74) is 5.02. The molecule has 3 heterocycles. The van der Waals surface area contributed by atoms with Crippen LogP contribution in [0, 0.1) is 0 Å². The van der Waals surface area contributed by atoms with Crippen LogP contribution in [0.4, 0.5) is 11.4 Å². The van der Waals surface area contributed by atoms with Gasteiger partial charge in [0.2, 0.25) is 5.91 Å². The predicted molar refractivity (Wildman–Crippen MR) is 165 cm³/mol. The van der Waals surface area contributed by atoms with Crippen molar-refractivity contribution >= 4 is 23.2 Å². The first kappa shape index (κ1) is 29.6. The van der Waals surface area contributed by atoms with Crippen molar-refractivity contribution in [2.45, 2.75) is 90.3 Å². The zero-order valence-corrected chi connectivity index (χ0v) is 24.9. The third kappa shape index (κ3) is 8.10. The predicted octanol–water partition coefficient (Wildman–Crippen LogP) is 5.90. The van der Waals surface area contributed by atoms with Crippen molar-refractivity contribution in [2.24, 2.45) is 0 Å². The van der Waals surface area contributed by atoms with Crippen LogP contribution in [-0.2, 0) is 22.6 Å². The number of ether oxygens (including phenoxy) is 1. The number of fused-ring (bicyclic) bond motifs is 1. The Morgan fingerprint density at radius 1 is 0.854 bits per heavy atom. The van der Waals surface area contributed by atoms with E-state index in [9.17, 15) is 9.59 Å². The number of nitrogens with zero attached hydrogens (tertiary/aromatic N) is 3. The van der Waals surface area contributed by atoms with E-state index >= 15 is 0 Å². The molecule has 3 aliphatic heterocycles. The second kappa shape index (κ2) is 14.8. The van der Waals surface area contributed by atoms with Gasteiger partial charge in [0.25, 0.3) is 5.91 Å². The lowest BCUT2D eigenvalue weighted by atomic mass is 10.0. The van der Waals surface area contributed by atoms with Gasteiger partial charge in [-0.1, -0.05) is 31.4 Å². The van der Waals surface area contributed by atoms with Crippen LogP contribution in [0.15, 0.2) is 42.5 Å². The van der Waals surface area contributed by atoms with Gasteiger partial charge in [0.1, 0.15) is 0 Å². The summed E-state index contributed by atoms with van der Waals surface area (Å²) in [7, 11) is 0. The average molecular weight is 561 g/mol. The summed E-state index contributed by atoms with van der Waals surface area (Å²) in [6.45, 7) is 8.45. The SMILES string of the molecule is CC(=O)N1CCCCCCCN(C2CCOCC2)Cc2cc(C(=O)NCc3cccc(N4CCCCC4)c3)ccc21. The third-order valence-electron chi connectivity index (χ3n) is 9.01. The summed E-state index contributed by atoms with van der Waals surface area (Å²) in [5.74, 6) is -0.0130. The average Bonchev–Trinajstić information content (AvgIpc) is 3.01. The molecule has 2 aromatic rings. The summed E-state index contributed by atoms with van der Waals surface area (Å²) in [6.07, 6.45) is 11.6. The molecular weight excluding hydrogens is 512 g/mol. The van der Waals surface area contributed by atoms with Crippen molar-refractivity contribution in [1.82, 2.24) is 10.2 Å². The van der Waals surface area contributed by atoms with E-state index in [0.29, 0.717) is 18.2 Å². The lowest BCUT2D eigenvalue weighted by Gasteiger charge is -2.36. The molecule has 7 nitrogen and oxygen atoms in total. The molecule has 0 bridgehead atoms. The van der Waals surface area contributed by atoms with E-state index in [4.69, 9.17) is 4.74 Å². The van der Waals surface area contributed by atoms with E-state index < -0.39 is 0 Å². The van der Waals surface area contributed by atoms with Gasteiger partial charge >= 0.3 is 0 Å². The molecule has 0 unspecified atom stereocenters. The fourth-order valence-electron chi connectivity index (χ4n) is 6.64. The number of hydrogen-bond donors (Lipinski definition) is 1. The quantitative estimate of drug-likeness (QED) is 0.493. The number of piperidine rings is 1. The van der Waals surface area contributed by atoms with Crippen LogP contribution < -0.4 is 15.1 Å². The van der Waals surface area contributed by atoms with Crippen LogP contribution >= 0.6 is 0 Å². The van der Waals surface area contributed by atoms with Crippen LogP contribution in [0.3, 0.4) is 0 Å². The highest BCUT2D eigenvalue weighted by Gasteiger charge is 2.25. The minimum atomic E-state index is -0.0747. The molecule has 0 saturated carbocycles. The second-order valence-electron chi connectivity index (χ2n) is 12.0. The molecule has 1 N–H and O–H groups in total. The Hall–Kier alpha value is -2.90. The van der Waals surface area contributed by atoms with Crippen molar-refractivity contribution in [3.63, 3.8) is 0 Å². The third-order valence-corrected chi connectivity index (χ3v) is 9.01. The minimum absolute atomic E-state index is 0.0618. The maximum atomic E-state index is 13.4. The molecule has 3 aliphatic rings. The fourth-order valence-corrected chi connectivity index (χ4v) is 6.64. The molecule has 5 rings (SSSR count). The van der Waals surface area contributed by atoms with Crippen LogP contribution in [0.2, 0.25) is 0 Å². The Labute approximate surface area is 246 Å². The maximum absolute atomic E-state index is 13.4. The summed E-state index contributed by atoms with van der Waals surface area (Å²) >= 11 is 0. The monoisotopic (exact) mass is 560 g/mol. The van der Waals surface area contributed by atoms with Gasteiger partial charge in [-0.2, -0.15) is 0 Å². The van der Waals surface area contributed by atoms with Gasteiger partial charge in [0, 0.05) is 75.8 Å². The summed E-state index contributed by atoms with van der Waals surface area (Å²) < 4.78 is 5.67. The van der Waals surface area contributed by atoms with E-state index in [1.54, 1.807) is 6.92 Å². The molecule has 2 saturated heterocycles. The highest BCUT2D eigenvalue weighted by atomic mass is 16.5. The molecule has 222 valence electrons. The number of anilines is 2. The number of rotatable bonds is 5. The summed E-state index contributed by atoms with van der Waals surface area (Å²) in [5, 5.41) is 3.16. The second-order valence-corrected chi connectivity index (χ2v) is 12.0. The van der Waals surface area contributed by atoms with Gasteiger partial charge in [-0.3, -0.25) is 14.5 Å². The lowest BCUT2D eigenvalue weighted by molar-refractivity contribution is -0.116. The Balaban J connectivity index is 1.35.